The molecule has 0 saturated carbocycles. The number of rotatable bonds is 4. The van der Waals surface area contributed by atoms with Crippen molar-refractivity contribution in [3.8, 4) is 0 Å². The molecule has 0 aliphatic carbocycles. The summed E-state index contributed by atoms with van der Waals surface area (Å²) in [7, 11) is -3.77. The minimum absolute atomic E-state index is 0.111. The first kappa shape index (κ1) is 15.9. The first-order valence-electron chi connectivity index (χ1n) is 6.92. The number of hydrogen-bond acceptors (Lipinski definition) is 5. The number of carbonyl (C=O) groups excluding carboxylic acids is 1. The van der Waals surface area contributed by atoms with Crippen LogP contribution in [0.4, 0.5) is 5.69 Å². The Kier molecular flexibility index (Phi) is 4.15. The van der Waals surface area contributed by atoms with Gasteiger partial charge in [0, 0.05) is 22.8 Å². The molecule has 7 nitrogen and oxygen atoms in total. The maximum atomic E-state index is 12.5. The summed E-state index contributed by atoms with van der Waals surface area (Å²) in [6.07, 6.45) is 1.64. The molecule has 0 spiro atoms. The Morgan fingerprint density at radius 2 is 1.79 bits per heavy atom. The summed E-state index contributed by atoms with van der Waals surface area (Å²) in [6.45, 7) is 0. The molecule has 0 unspecified atom stereocenters. The van der Waals surface area contributed by atoms with Crippen molar-refractivity contribution in [2.45, 2.75) is 4.90 Å². The molecule has 0 atom stereocenters. The number of anilines is 1. The van der Waals surface area contributed by atoms with E-state index in [2.05, 4.69) is 9.71 Å². The van der Waals surface area contributed by atoms with Crippen molar-refractivity contribution in [2.24, 2.45) is 0 Å². The van der Waals surface area contributed by atoms with Crippen LogP contribution in [-0.2, 0) is 10.0 Å². The van der Waals surface area contributed by atoms with Crippen molar-refractivity contribution in [2.75, 3.05) is 4.72 Å². The molecule has 24 heavy (non-hydrogen) atoms. The molecule has 1 amide bonds. The number of nitrogens with one attached hydrogen (secondary N) is 2. The molecule has 8 heteroatoms. The third kappa shape index (κ3) is 3.19. The van der Waals surface area contributed by atoms with Crippen LogP contribution in [0.15, 0.2) is 65.7 Å². The van der Waals surface area contributed by atoms with Crippen LogP contribution in [0.1, 0.15) is 10.4 Å². The first-order valence-corrected chi connectivity index (χ1v) is 8.40. The molecule has 3 N–H and O–H groups in total. The summed E-state index contributed by atoms with van der Waals surface area (Å²) in [6, 6.07) is 13.8. The molecule has 3 aromatic rings. The maximum absolute atomic E-state index is 12.5. The first-order chi connectivity index (χ1) is 11.5. The molecule has 0 aliphatic rings. The molecule has 0 bridgehead atoms. The molecule has 122 valence electrons. The van der Waals surface area contributed by atoms with Gasteiger partial charge < -0.3 is 0 Å². The number of aromatic nitrogens is 1. The Bertz CT molecular complexity index is 1000. The average Bonchev–Trinajstić information content (AvgIpc) is 2.61. The Hall–Kier alpha value is -2.97. The van der Waals surface area contributed by atoms with E-state index < -0.39 is 15.9 Å². The molecule has 2 aromatic carbocycles. The molecule has 1 aromatic heterocycles. The summed E-state index contributed by atoms with van der Waals surface area (Å²) in [5.41, 5.74) is 2.72. The van der Waals surface area contributed by atoms with Gasteiger partial charge in [0.1, 0.15) is 0 Å². The van der Waals surface area contributed by atoms with Crippen molar-refractivity contribution >= 4 is 32.5 Å². The third-order valence-corrected chi connectivity index (χ3v) is 4.76. The lowest BCUT2D eigenvalue weighted by molar-refractivity contribution is 0.0706. The largest absolute Gasteiger partial charge is 0.288 e. The average molecular weight is 343 g/mol. The fourth-order valence-corrected chi connectivity index (χ4v) is 3.28. The van der Waals surface area contributed by atoms with E-state index in [1.807, 2.05) is 0 Å². The number of amides is 1. The molecular weight excluding hydrogens is 330 g/mol. The lowest BCUT2D eigenvalue weighted by atomic mass is 10.2. The van der Waals surface area contributed by atoms with E-state index >= 15 is 0 Å². The van der Waals surface area contributed by atoms with Crippen molar-refractivity contribution in [1.82, 2.24) is 10.5 Å². The number of hydrogen-bond donors (Lipinski definition) is 3. The third-order valence-electron chi connectivity index (χ3n) is 3.39. The second-order valence-electron chi connectivity index (χ2n) is 4.98. The molecular formula is C16H13N3O4S. The minimum atomic E-state index is -3.77. The molecule has 0 radical (unpaired) electrons. The van der Waals surface area contributed by atoms with Crippen LogP contribution in [0.2, 0.25) is 0 Å². The number of nitrogens with zero attached hydrogens (tertiary/aromatic N) is 1. The predicted molar refractivity (Wildman–Crippen MR) is 88.2 cm³/mol. The smallest absolute Gasteiger partial charge is 0.274 e. The predicted octanol–water partition coefficient (Wildman–Crippen LogP) is 2.15. The summed E-state index contributed by atoms with van der Waals surface area (Å²) in [5, 5.41) is 9.28. The molecule has 1 heterocycles. The van der Waals surface area contributed by atoms with Gasteiger partial charge in [0.2, 0.25) is 0 Å². The number of benzene rings is 2. The van der Waals surface area contributed by atoms with Crippen LogP contribution in [0.5, 0.6) is 0 Å². The van der Waals surface area contributed by atoms with E-state index in [-0.39, 0.29) is 10.5 Å². The fraction of sp³-hybridized carbons (Fsp3) is 0. The Labute approximate surface area is 138 Å². The van der Waals surface area contributed by atoms with Gasteiger partial charge in [-0.15, -0.1) is 0 Å². The van der Waals surface area contributed by atoms with Crippen molar-refractivity contribution < 1.29 is 18.4 Å². The van der Waals surface area contributed by atoms with E-state index in [1.54, 1.807) is 24.4 Å². The number of carbonyl (C=O) groups is 1. The van der Waals surface area contributed by atoms with Gasteiger partial charge in [-0.05, 0) is 48.5 Å². The second-order valence-corrected chi connectivity index (χ2v) is 6.66. The highest BCUT2D eigenvalue weighted by atomic mass is 32.2. The van der Waals surface area contributed by atoms with Crippen LogP contribution in [-0.4, -0.2) is 24.5 Å². The van der Waals surface area contributed by atoms with Crippen LogP contribution >= 0.6 is 0 Å². The highest BCUT2D eigenvalue weighted by Crippen LogP contribution is 2.20. The Balaban J connectivity index is 1.88. The zero-order valence-electron chi connectivity index (χ0n) is 12.3. The molecule has 3 rings (SSSR count). The van der Waals surface area contributed by atoms with Gasteiger partial charge in [0.25, 0.3) is 15.9 Å². The van der Waals surface area contributed by atoms with Gasteiger partial charge in [0.15, 0.2) is 0 Å². The Morgan fingerprint density at radius 1 is 1.04 bits per heavy atom. The molecule has 0 fully saturated rings. The SMILES string of the molecule is O=C(NO)c1ccc(NS(=O)(=O)c2ccc3ncccc3c2)cc1. The van der Waals surface area contributed by atoms with E-state index in [1.165, 1.54) is 41.9 Å². The lowest BCUT2D eigenvalue weighted by Gasteiger charge is -2.09. The zero-order chi connectivity index (χ0) is 17.2. The van der Waals surface area contributed by atoms with Crippen molar-refractivity contribution in [3.63, 3.8) is 0 Å². The van der Waals surface area contributed by atoms with Gasteiger partial charge in [0.05, 0.1) is 10.4 Å². The van der Waals surface area contributed by atoms with Gasteiger partial charge in [-0.2, -0.15) is 0 Å². The van der Waals surface area contributed by atoms with E-state index in [9.17, 15) is 13.2 Å². The second kappa shape index (κ2) is 6.26. The maximum Gasteiger partial charge on any atom is 0.274 e. The van der Waals surface area contributed by atoms with Gasteiger partial charge in [-0.25, -0.2) is 13.9 Å². The number of pyridine rings is 1. The van der Waals surface area contributed by atoms with Gasteiger partial charge >= 0.3 is 0 Å². The highest BCUT2D eigenvalue weighted by molar-refractivity contribution is 7.92. The van der Waals surface area contributed by atoms with E-state index in [4.69, 9.17) is 5.21 Å². The van der Waals surface area contributed by atoms with Crippen LogP contribution in [0.3, 0.4) is 0 Å². The standard InChI is InChI=1S/C16H13N3O4S/c20-16(18-21)11-3-5-13(6-4-11)19-24(22,23)14-7-8-15-12(10-14)2-1-9-17-15/h1-10,19,21H,(H,18,20). The van der Waals surface area contributed by atoms with Crippen LogP contribution in [0, 0.1) is 0 Å². The normalized spacial score (nSPS) is 11.2. The zero-order valence-corrected chi connectivity index (χ0v) is 13.1. The summed E-state index contributed by atoms with van der Waals surface area (Å²) in [5.74, 6) is -0.675. The quantitative estimate of drug-likeness (QED) is 0.497. The number of hydroxylamine groups is 1. The molecule has 0 aliphatic heterocycles. The van der Waals surface area contributed by atoms with E-state index in [0.29, 0.717) is 11.2 Å². The highest BCUT2D eigenvalue weighted by Gasteiger charge is 2.15. The van der Waals surface area contributed by atoms with Gasteiger partial charge in [-0.3, -0.25) is 19.7 Å². The lowest BCUT2D eigenvalue weighted by Crippen LogP contribution is -2.18. The Morgan fingerprint density at radius 3 is 2.50 bits per heavy atom. The topological polar surface area (TPSA) is 108 Å². The summed E-state index contributed by atoms with van der Waals surface area (Å²) < 4.78 is 27.4. The number of sulfonamides is 1. The minimum Gasteiger partial charge on any atom is -0.288 e. The fourth-order valence-electron chi connectivity index (χ4n) is 2.19. The molecule has 0 saturated heterocycles. The monoisotopic (exact) mass is 343 g/mol. The van der Waals surface area contributed by atoms with Crippen LogP contribution in [0.25, 0.3) is 10.9 Å². The van der Waals surface area contributed by atoms with Gasteiger partial charge in [-0.1, -0.05) is 6.07 Å². The number of fused-ring (bicyclic) bond motifs is 1. The summed E-state index contributed by atoms with van der Waals surface area (Å²) in [4.78, 5) is 15.5. The van der Waals surface area contributed by atoms with E-state index in [0.717, 1.165) is 5.39 Å². The van der Waals surface area contributed by atoms with Crippen molar-refractivity contribution in [1.29, 1.82) is 0 Å². The van der Waals surface area contributed by atoms with Crippen molar-refractivity contribution in [3.05, 3.63) is 66.4 Å². The summed E-state index contributed by atoms with van der Waals surface area (Å²) >= 11 is 0. The van der Waals surface area contributed by atoms with Crippen LogP contribution < -0.4 is 10.2 Å².